The first-order valence-corrected chi connectivity index (χ1v) is 9.81. The maximum Gasteiger partial charge on any atom is 0.352 e. The van der Waals surface area contributed by atoms with Gasteiger partial charge in [-0.15, -0.1) is 5.10 Å². The van der Waals surface area contributed by atoms with Crippen molar-refractivity contribution < 1.29 is 13.9 Å². The van der Waals surface area contributed by atoms with Crippen LogP contribution in [0.2, 0.25) is 5.02 Å². The molecule has 0 radical (unpaired) electrons. The molecule has 2 aromatic carbocycles. The summed E-state index contributed by atoms with van der Waals surface area (Å²) < 4.78 is 21.2. The molecule has 0 spiro atoms. The van der Waals surface area contributed by atoms with E-state index in [1.165, 1.54) is 26.2 Å². The summed E-state index contributed by atoms with van der Waals surface area (Å²) in [6.45, 7) is 1.17. The molecule has 0 saturated carbocycles. The average molecular weight is 462 g/mol. The lowest BCUT2D eigenvalue weighted by Gasteiger charge is -2.17. The van der Waals surface area contributed by atoms with E-state index in [9.17, 15) is 18.8 Å². The molecule has 0 atom stereocenters. The predicted molar refractivity (Wildman–Crippen MR) is 120 cm³/mol. The number of carbonyl (C=O) groups is 1. The number of hydrogen-bond donors (Lipinski definition) is 1. The van der Waals surface area contributed by atoms with Gasteiger partial charge in [0, 0.05) is 26.7 Å². The number of nitrogens with one attached hydrogen (secondary N) is 1. The maximum atomic E-state index is 14.6. The van der Waals surface area contributed by atoms with Crippen LogP contribution in [0.3, 0.4) is 0 Å². The van der Waals surface area contributed by atoms with Crippen molar-refractivity contribution in [1.82, 2.24) is 14.3 Å². The average Bonchev–Trinajstić information content (AvgIpc) is 2.73. The highest BCUT2D eigenvalue weighted by atomic mass is 35.5. The highest BCUT2D eigenvalue weighted by molar-refractivity contribution is 6.33. The highest BCUT2D eigenvalue weighted by Crippen LogP contribution is 2.25. The first-order chi connectivity index (χ1) is 15.1. The number of halogens is 2. The third-order valence-electron chi connectivity index (χ3n) is 4.55. The second kappa shape index (κ2) is 9.23. The number of hydrogen-bond acceptors (Lipinski definition) is 6. The Kier molecular flexibility index (Phi) is 6.64. The highest BCUT2D eigenvalue weighted by Gasteiger charge is 2.18. The lowest BCUT2D eigenvalue weighted by Crippen LogP contribution is -2.41. The molecular weight excluding hydrogens is 441 g/mol. The first kappa shape index (κ1) is 23.0. The lowest BCUT2D eigenvalue weighted by molar-refractivity contribution is -0.114. The van der Waals surface area contributed by atoms with E-state index in [0.29, 0.717) is 16.3 Å². The van der Waals surface area contributed by atoms with Gasteiger partial charge < -0.3 is 15.0 Å². The van der Waals surface area contributed by atoms with E-state index in [0.717, 1.165) is 15.3 Å². The zero-order chi connectivity index (χ0) is 23.6. The summed E-state index contributed by atoms with van der Waals surface area (Å²) in [6, 6.07) is 8.74. The molecule has 0 aliphatic heterocycles. The van der Waals surface area contributed by atoms with E-state index < -0.39 is 22.9 Å². The van der Waals surface area contributed by atoms with Crippen LogP contribution < -0.4 is 26.2 Å². The Labute approximate surface area is 187 Å². The Morgan fingerprint density at radius 3 is 2.56 bits per heavy atom. The van der Waals surface area contributed by atoms with Crippen LogP contribution in [0.25, 0.3) is 5.69 Å². The van der Waals surface area contributed by atoms with Gasteiger partial charge in [0.25, 0.3) is 5.88 Å². The zero-order valence-electron chi connectivity index (χ0n) is 17.8. The summed E-state index contributed by atoms with van der Waals surface area (Å²) in [5.74, 6) is -1.54. The third kappa shape index (κ3) is 4.65. The molecule has 3 rings (SSSR count). The van der Waals surface area contributed by atoms with E-state index in [2.05, 4.69) is 10.4 Å². The molecule has 0 bridgehead atoms. The molecule has 9 nitrogen and oxygen atoms in total. The Balaban J connectivity index is 2.18. The number of nitrogens with zero attached hydrogens (tertiary/aromatic N) is 4. The summed E-state index contributed by atoms with van der Waals surface area (Å²) in [4.78, 5) is 39.1. The Bertz CT molecular complexity index is 1300. The number of amides is 1. The van der Waals surface area contributed by atoms with Crippen molar-refractivity contribution in [1.29, 1.82) is 0 Å². The summed E-state index contributed by atoms with van der Waals surface area (Å²) in [5.41, 5.74) is -0.326. The summed E-state index contributed by atoms with van der Waals surface area (Å²) in [5, 5.41) is 6.89. The normalized spacial score (nSPS) is 10.7. The van der Waals surface area contributed by atoms with Crippen molar-refractivity contribution in [3.05, 3.63) is 73.6 Å². The van der Waals surface area contributed by atoms with Crippen molar-refractivity contribution in [3.63, 3.8) is 0 Å². The minimum absolute atomic E-state index is 0.123. The summed E-state index contributed by atoms with van der Waals surface area (Å²) >= 11 is 6.20. The largest absolute Gasteiger partial charge is 0.476 e. The fourth-order valence-corrected chi connectivity index (χ4v) is 3.34. The number of aromatic nitrogens is 3. The van der Waals surface area contributed by atoms with E-state index >= 15 is 0 Å². The Morgan fingerprint density at radius 2 is 1.94 bits per heavy atom. The second-order valence-corrected chi connectivity index (χ2v) is 7.53. The van der Waals surface area contributed by atoms with Crippen molar-refractivity contribution in [2.45, 2.75) is 13.5 Å². The minimum atomic E-state index is -0.879. The third-order valence-corrected chi connectivity index (χ3v) is 4.87. The standard InChI is InChI=1S/C21H21ClFN5O4/c1-12(29)24-14-6-8-16(23)18(10-14)28-21(31)27(20(30)19(25-28)32-4)11-13-5-7-15(22)17(9-13)26(2)3/h5-10H,11H2,1-4H3,(H,24,29). The molecule has 1 aromatic heterocycles. The molecule has 0 saturated heterocycles. The van der Waals surface area contributed by atoms with Crippen LogP contribution in [0.5, 0.6) is 5.88 Å². The van der Waals surface area contributed by atoms with Crippen molar-refractivity contribution in [2.24, 2.45) is 0 Å². The topological polar surface area (TPSA) is 98.5 Å². The van der Waals surface area contributed by atoms with Crippen LogP contribution >= 0.6 is 11.6 Å². The van der Waals surface area contributed by atoms with Crippen LogP contribution in [0.1, 0.15) is 12.5 Å². The number of anilines is 2. The van der Waals surface area contributed by atoms with Crippen LogP contribution in [0, 0.1) is 5.82 Å². The van der Waals surface area contributed by atoms with Gasteiger partial charge in [0.05, 0.1) is 24.4 Å². The maximum absolute atomic E-state index is 14.6. The molecule has 1 heterocycles. The van der Waals surface area contributed by atoms with Gasteiger partial charge >= 0.3 is 11.2 Å². The molecule has 11 heteroatoms. The number of benzene rings is 2. The van der Waals surface area contributed by atoms with E-state index in [4.69, 9.17) is 16.3 Å². The van der Waals surface area contributed by atoms with E-state index in [-0.39, 0.29) is 23.8 Å². The van der Waals surface area contributed by atoms with Crippen LogP contribution in [-0.2, 0) is 11.3 Å². The van der Waals surface area contributed by atoms with Gasteiger partial charge in [0.2, 0.25) is 5.91 Å². The molecule has 0 fully saturated rings. The summed E-state index contributed by atoms with van der Waals surface area (Å²) in [6.07, 6.45) is 0. The Morgan fingerprint density at radius 1 is 1.22 bits per heavy atom. The lowest BCUT2D eigenvalue weighted by atomic mass is 10.2. The van der Waals surface area contributed by atoms with Crippen molar-refractivity contribution in [3.8, 4) is 11.6 Å². The van der Waals surface area contributed by atoms with Gasteiger partial charge in [-0.2, -0.15) is 4.68 Å². The number of rotatable bonds is 6. The molecule has 0 unspecified atom stereocenters. The number of ether oxygens (including phenoxy) is 1. The van der Waals surface area contributed by atoms with Crippen molar-refractivity contribution >= 4 is 28.9 Å². The molecule has 168 valence electrons. The monoisotopic (exact) mass is 461 g/mol. The minimum Gasteiger partial charge on any atom is -0.476 e. The smallest absolute Gasteiger partial charge is 0.352 e. The van der Waals surface area contributed by atoms with Crippen LogP contribution in [0.4, 0.5) is 15.8 Å². The molecule has 1 amide bonds. The number of methoxy groups -OCH3 is 1. The first-order valence-electron chi connectivity index (χ1n) is 9.43. The van der Waals surface area contributed by atoms with Crippen LogP contribution in [0.15, 0.2) is 46.0 Å². The zero-order valence-corrected chi connectivity index (χ0v) is 18.6. The molecule has 32 heavy (non-hydrogen) atoms. The molecule has 1 N–H and O–H groups in total. The van der Waals surface area contributed by atoms with Gasteiger partial charge in [-0.25, -0.2) is 13.8 Å². The van der Waals surface area contributed by atoms with Gasteiger partial charge in [-0.1, -0.05) is 17.7 Å². The number of carbonyl (C=O) groups excluding carboxylic acids is 1. The predicted octanol–water partition coefficient (Wildman–Crippen LogP) is 2.27. The van der Waals surface area contributed by atoms with E-state index in [1.54, 1.807) is 23.1 Å². The van der Waals surface area contributed by atoms with Gasteiger partial charge in [-0.05, 0) is 35.9 Å². The Hall–Kier alpha value is -3.66. The molecule has 3 aromatic rings. The summed E-state index contributed by atoms with van der Waals surface area (Å²) in [7, 11) is 4.84. The molecule has 0 aliphatic rings. The van der Waals surface area contributed by atoms with Crippen molar-refractivity contribution in [2.75, 3.05) is 31.4 Å². The fraction of sp³-hybridized carbons (Fsp3) is 0.238. The molecular formula is C21H21ClFN5O4. The fourth-order valence-electron chi connectivity index (χ4n) is 3.06. The SMILES string of the molecule is COc1nn(-c2cc(NC(C)=O)ccc2F)c(=O)n(Cc2ccc(Cl)c(N(C)C)c2)c1=O. The van der Waals surface area contributed by atoms with E-state index in [1.807, 2.05) is 14.1 Å². The van der Waals surface area contributed by atoms with Crippen LogP contribution in [-0.4, -0.2) is 41.5 Å². The van der Waals surface area contributed by atoms with Gasteiger partial charge in [-0.3, -0.25) is 9.59 Å². The quantitative estimate of drug-likeness (QED) is 0.604. The van der Waals surface area contributed by atoms with Gasteiger partial charge in [0.15, 0.2) is 0 Å². The second-order valence-electron chi connectivity index (χ2n) is 7.12. The molecule has 0 aliphatic carbocycles. The van der Waals surface area contributed by atoms with Gasteiger partial charge in [0.1, 0.15) is 11.5 Å².